The van der Waals surface area contributed by atoms with E-state index in [1.54, 1.807) is 6.92 Å². The molecule has 0 saturated heterocycles. The first-order valence-corrected chi connectivity index (χ1v) is 9.01. The standard InChI is InChI=1S/C17H15ClN2O5S/c1-10(26-12-3-5-15-16(9-12)25-7-6-24-15)17(21)19-14-4-2-11(20(22)23)8-13(14)18/h2-5,8-10H,6-7H2,1H3,(H,19,21)/t10-/m0/s1. The molecule has 7 nitrogen and oxygen atoms in total. The van der Waals surface area contributed by atoms with Crippen LogP contribution in [-0.4, -0.2) is 29.3 Å². The van der Waals surface area contributed by atoms with Crippen molar-refractivity contribution in [3.63, 3.8) is 0 Å². The number of thioether (sulfide) groups is 1. The summed E-state index contributed by atoms with van der Waals surface area (Å²) < 4.78 is 11.0. The lowest BCUT2D eigenvalue weighted by Gasteiger charge is -2.19. The van der Waals surface area contributed by atoms with Gasteiger partial charge in [0.15, 0.2) is 11.5 Å². The fraction of sp³-hybridized carbons (Fsp3) is 0.235. The Morgan fingerprint density at radius 2 is 1.96 bits per heavy atom. The highest BCUT2D eigenvalue weighted by Gasteiger charge is 2.19. The molecule has 26 heavy (non-hydrogen) atoms. The van der Waals surface area contributed by atoms with Crippen molar-refractivity contribution >= 4 is 40.6 Å². The largest absolute Gasteiger partial charge is 0.486 e. The molecule has 1 amide bonds. The summed E-state index contributed by atoms with van der Waals surface area (Å²) in [6.07, 6.45) is 0. The number of non-ortho nitro benzene ring substituents is 1. The molecule has 1 heterocycles. The summed E-state index contributed by atoms with van der Waals surface area (Å²) in [4.78, 5) is 23.5. The molecular weight excluding hydrogens is 380 g/mol. The van der Waals surface area contributed by atoms with E-state index in [9.17, 15) is 14.9 Å². The molecule has 9 heteroatoms. The first-order chi connectivity index (χ1) is 12.4. The highest BCUT2D eigenvalue weighted by Crippen LogP contribution is 2.36. The van der Waals surface area contributed by atoms with Crippen LogP contribution in [0.4, 0.5) is 11.4 Å². The summed E-state index contributed by atoms with van der Waals surface area (Å²) in [5.74, 6) is 1.09. The third-order valence-corrected chi connectivity index (χ3v) is 5.02. The minimum atomic E-state index is -0.544. The lowest BCUT2D eigenvalue weighted by atomic mass is 10.2. The van der Waals surface area contributed by atoms with Crippen molar-refractivity contribution in [1.82, 2.24) is 0 Å². The maximum absolute atomic E-state index is 12.4. The van der Waals surface area contributed by atoms with Crippen LogP contribution in [0, 0.1) is 10.1 Å². The van der Waals surface area contributed by atoms with Gasteiger partial charge in [0.2, 0.25) is 5.91 Å². The first-order valence-electron chi connectivity index (χ1n) is 7.75. The van der Waals surface area contributed by atoms with E-state index in [4.69, 9.17) is 21.1 Å². The van der Waals surface area contributed by atoms with Crippen LogP contribution in [0.1, 0.15) is 6.92 Å². The number of carbonyl (C=O) groups excluding carboxylic acids is 1. The van der Waals surface area contributed by atoms with Crippen molar-refractivity contribution in [2.24, 2.45) is 0 Å². The maximum atomic E-state index is 12.4. The van der Waals surface area contributed by atoms with Gasteiger partial charge in [-0.05, 0) is 31.2 Å². The van der Waals surface area contributed by atoms with Gasteiger partial charge in [0.05, 0.1) is 20.9 Å². The molecule has 0 unspecified atom stereocenters. The number of hydrogen-bond acceptors (Lipinski definition) is 6. The molecule has 0 fully saturated rings. The number of rotatable bonds is 5. The number of nitrogens with one attached hydrogen (secondary N) is 1. The summed E-state index contributed by atoms with van der Waals surface area (Å²) in [7, 11) is 0. The monoisotopic (exact) mass is 394 g/mol. The molecule has 0 aromatic heterocycles. The summed E-state index contributed by atoms with van der Waals surface area (Å²) in [6, 6.07) is 9.42. The molecule has 1 aliphatic rings. The minimum absolute atomic E-state index is 0.115. The van der Waals surface area contributed by atoms with Crippen LogP contribution in [0.2, 0.25) is 5.02 Å². The molecule has 2 aromatic carbocycles. The molecule has 136 valence electrons. The first kappa shape index (κ1) is 18.3. The highest BCUT2D eigenvalue weighted by atomic mass is 35.5. The molecule has 2 aromatic rings. The van der Waals surface area contributed by atoms with E-state index >= 15 is 0 Å². The third kappa shape index (κ3) is 4.20. The van der Waals surface area contributed by atoms with Crippen molar-refractivity contribution in [3.8, 4) is 11.5 Å². The summed E-state index contributed by atoms with van der Waals surface area (Å²) >= 11 is 7.36. The van der Waals surface area contributed by atoms with Crippen molar-refractivity contribution in [2.45, 2.75) is 17.1 Å². The van der Waals surface area contributed by atoms with Gasteiger partial charge in [-0.15, -0.1) is 11.8 Å². The number of nitro benzene ring substituents is 1. The van der Waals surface area contributed by atoms with Gasteiger partial charge in [0.25, 0.3) is 5.69 Å². The molecule has 0 bridgehead atoms. The second-order valence-electron chi connectivity index (χ2n) is 5.48. The van der Waals surface area contributed by atoms with Crippen LogP contribution >= 0.6 is 23.4 Å². The number of fused-ring (bicyclic) bond motifs is 1. The van der Waals surface area contributed by atoms with Crippen molar-refractivity contribution in [3.05, 3.63) is 51.5 Å². The number of amides is 1. The topological polar surface area (TPSA) is 90.7 Å². The van der Waals surface area contributed by atoms with Crippen molar-refractivity contribution < 1.29 is 19.2 Å². The molecule has 3 rings (SSSR count). The van der Waals surface area contributed by atoms with Gasteiger partial charge in [-0.25, -0.2) is 0 Å². The van der Waals surface area contributed by atoms with E-state index < -0.39 is 10.2 Å². The minimum Gasteiger partial charge on any atom is -0.486 e. The Labute approximate surface area is 158 Å². The number of carbonyl (C=O) groups is 1. The van der Waals surface area contributed by atoms with Gasteiger partial charge in [-0.1, -0.05) is 11.6 Å². The van der Waals surface area contributed by atoms with Crippen LogP contribution in [0.15, 0.2) is 41.3 Å². The Morgan fingerprint density at radius 3 is 2.65 bits per heavy atom. The molecule has 1 atom stereocenters. The molecule has 1 N–H and O–H groups in total. The molecule has 0 spiro atoms. The molecule has 0 saturated carbocycles. The third-order valence-electron chi connectivity index (χ3n) is 3.62. The number of nitro groups is 1. The highest BCUT2D eigenvalue weighted by molar-refractivity contribution is 8.00. The lowest BCUT2D eigenvalue weighted by Crippen LogP contribution is -2.22. The predicted octanol–water partition coefficient (Wildman–Crippen LogP) is 4.14. The zero-order valence-electron chi connectivity index (χ0n) is 13.7. The zero-order valence-corrected chi connectivity index (χ0v) is 15.3. The zero-order chi connectivity index (χ0) is 18.7. The van der Waals surface area contributed by atoms with E-state index in [0.29, 0.717) is 30.4 Å². The number of anilines is 1. The quantitative estimate of drug-likeness (QED) is 0.465. The Bertz CT molecular complexity index is 861. The number of ether oxygens (including phenoxy) is 2. The molecule has 0 radical (unpaired) electrons. The van der Waals surface area contributed by atoms with E-state index in [0.717, 1.165) is 4.90 Å². The van der Waals surface area contributed by atoms with E-state index in [2.05, 4.69) is 5.32 Å². The second-order valence-corrected chi connectivity index (χ2v) is 7.30. The maximum Gasteiger partial charge on any atom is 0.271 e. The summed E-state index contributed by atoms with van der Waals surface area (Å²) in [5, 5.41) is 13.1. The Balaban J connectivity index is 1.65. The normalized spacial score (nSPS) is 13.8. The number of benzene rings is 2. The van der Waals surface area contributed by atoms with Crippen LogP contribution < -0.4 is 14.8 Å². The average Bonchev–Trinajstić information content (AvgIpc) is 2.63. The van der Waals surface area contributed by atoms with Gasteiger partial charge in [-0.2, -0.15) is 0 Å². The fourth-order valence-corrected chi connectivity index (χ4v) is 3.43. The predicted molar refractivity (Wildman–Crippen MR) is 99.5 cm³/mol. The number of halogens is 1. The van der Waals surface area contributed by atoms with E-state index in [1.807, 2.05) is 18.2 Å². The summed E-state index contributed by atoms with van der Waals surface area (Å²) in [6.45, 7) is 2.78. The molecule has 0 aliphatic carbocycles. The number of nitrogens with zero attached hydrogens (tertiary/aromatic N) is 1. The Morgan fingerprint density at radius 1 is 1.23 bits per heavy atom. The fourth-order valence-electron chi connectivity index (χ4n) is 2.31. The smallest absolute Gasteiger partial charge is 0.271 e. The Kier molecular flexibility index (Phi) is 5.53. The van der Waals surface area contributed by atoms with Gasteiger partial charge in [0.1, 0.15) is 13.2 Å². The van der Waals surface area contributed by atoms with Gasteiger partial charge >= 0.3 is 0 Å². The van der Waals surface area contributed by atoms with Crippen molar-refractivity contribution in [1.29, 1.82) is 0 Å². The van der Waals surface area contributed by atoms with Crippen LogP contribution in [-0.2, 0) is 4.79 Å². The van der Waals surface area contributed by atoms with Crippen molar-refractivity contribution in [2.75, 3.05) is 18.5 Å². The van der Waals surface area contributed by atoms with Gasteiger partial charge < -0.3 is 14.8 Å². The lowest BCUT2D eigenvalue weighted by molar-refractivity contribution is -0.384. The van der Waals surface area contributed by atoms with Crippen LogP contribution in [0.5, 0.6) is 11.5 Å². The van der Waals surface area contributed by atoms with E-state index in [-0.39, 0.29) is 16.6 Å². The van der Waals surface area contributed by atoms with Crippen LogP contribution in [0.3, 0.4) is 0 Å². The molecule has 1 aliphatic heterocycles. The number of hydrogen-bond donors (Lipinski definition) is 1. The SMILES string of the molecule is C[C@H](Sc1ccc2c(c1)OCCO2)C(=O)Nc1ccc([N+](=O)[O-])cc1Cl. The average molecular weight is 395 g/mol. The van der Waals surface area contributed by atoms with Gasteiger partial charge in [-0.3, -0.25) is 14.9 Å². The second kappa shape index (κ2) is 7.84. The van der Waals surface area contributed by atoms with Gasteiger partial charge in [0, 0.05) is 17.0 Å². The van der Waals surface area contributed by atoms with Crippen LogP contribution in [0.25, 0.3) is 0 Å². The van der Waals surface area contributed by atoms with E-state index in [1.165, 1.54) is 30.0 Å². The summed E-state index contributed by atoms with van der Waals surface area (Å²) in [5.41, 5.74) is 0.198. The Hall–Kier alpha value is -2.45. The molecular formula is C17H15ClN2O5S.